The lowest BCUT2D eigenvalue weighted by molar-refractivity contribution is 0.433. The second kappa shape index (κ2) is 9.29. The van der Waals surface area contributed by atoms with Gasteiger partial charge in [-0.05, 0) is 74.2 Å². The Morgan fingerprint density at radius 2 is 1.61 bits per heavy atom. The molecule has 0 amide bonds. The molecule has 0 spiro atoms. The van der Waals surface area contributed by atoms with E-state index in [1.165, 1.54) is 21.1 Å². The molecule has 1 aliphatic rings. The van der Waals surface area contributed by atoms with Crippen LogP contribution in [0.15, 0.2) is 58.2 Å². The maximum atomic E-state index is 13.2. The topological polar surface area (TPSA) is 75.5 Å². The predicted molar refractivity (Wildman–Crippen MR) is 131 cm³/mol. The van der Waals surface area contributed by atoms with Gasteiger partial charge in [0.05, 0.1) is 10.6 Å². The number of hydrogen-bond acceptors (Lipinski definition) is 5. The molecule has 2 heterocycles. The van der Waals surface area contributed by atoms with Crippen molar-refractivity contribution in [3.05, 3.63) is 80.6 Å². The molecule has 2 aromatic carbocycles. The van der Waals surface area contributed by atoms with Gasteiger partial charge in [-0.15, -0.1) is 5.10 Å². The van der Waals surface area contributed by atoms with E-state index >= 15 is 0 Å². The van der Waals surface area contributed by atoms with Crippen molar-refractivity contribution in [3.8, 4) is 5.69 Å². The van der Waals surface area contributed by atoms with Gasteiger partial charge < -0.3 is 4.90 Å². The second-order valence-corrected chi connectivity index (χ2v) is 10.7. The lowest BCUT2D eigenvalue weighted by Crippen LogP contribution is -2.36. The van der Waals surface area contributed by atoms with E-state index < -0.39 is 10.0 Å². The monoisotopic (exact) mass is 486 g/mol. The summed E-state index contributed by atoms with van der Waals surface area (Å²) in [5.74, 6) is 0.644. The molecule has 0 aliphatic carbocycles. The Morgan fingerprint density at radius 1 is 0.848 bits per heavy atom. The number of aryl methyl sites for hydroxylation is 3. The molecule has 1 fully saturated rings. The van der Waals surface area contributed by atoms with E-state index in [9.17, 15) is 13.2 Å². The number of halogens is 1. The van der Waals surface area contributed by atoms with Crippen molar-refractivity contribution in [1.29, 1.82) is 0 Å². The lowest BCUT2D eigenvalue weighted by Gasteiger charge is -2.23. The summed E-state index contributed by atoms with van der Waals surface area (Å²) in [6.45, 7) is 7.69. The highest BCUT2D eigenvalue weighted by Crippen LogP contribution is 2.24. The fourth-order valence-electron chi connectivity index (χ4n) is 3.86. The molecule has 174 valence electrons. The third kappa shape index (κ3) is 4.83. The Labute approximate surface area is 199 Å². The van der Waals surface area contributed by atoms with E-state index in [2.05, 4.69) is 5.10 Å². The molecule has 0 atom stereocenters. The van der Waals surface area contributed by atoms with Gasteiger partial charge in [0.2, 0.25) is 10.0 Å². The number of benzene rings is 2. The molecule has 1 aliphatic heterocycles. The van der Waals surface area contributed by atoms with Gasteiger partial charge in [0.25, 0.3) is 5.56 Å². The summed E-state index contributed by atoms with van der Waals surface area (Å²) in [4.78, 5) is 14.7. The van der Waals surface area contributed by atoms with Crippen LogP contribution in [0.3, 0.4) is 0 Å². The predicted octanol–water partition coefficient (Wildman–Crippen LogP) is 3.71. The Kier molecular flexibility index (Phi) is 6.61. The highest BCUT2D eigenvalue weighted by atomic mass is 35.5. The van der Waals surface area contributed by atoms with Gasteiger partial charge in [-0.2, -0.15) is 8.99 Å². The molecule has 1 aromatic heterocycles. The molecule has 1 saturated heterocycles. The number of aromatic nitrogens is 2. The van der Waals surface area contributed by atoms with Gasteiger partial charge in [-0.1, -0.05) is 23.7 Å². The summed E-state index contributed by atoms with van der Waals surface area (Å²) in [7, 11) is -3.65. The first-order valence-corrected chi connectivity index (χ1v) is 12.7. The summed E-state index contributed by atoms with van der Waals surface area (Å²) in [5.41, 5.74) is 3.56. The van der Waals surface area contributed by atoms with E-state index in [-0.39, 0.29) is 10.5 Å². The van der Waals surface area contributed by atoms with Crippen LogP contribution in [0.2, 0.25) is 5.02 Å². The number of hydrogen-bond donors (Lipinski definition) is 0. The fourth-order valence-corrected chi connectivity index (χ4v) is 5.60. The first-order valence-electron chi connectivity index (χ1n) is 10.9. The van der Waals surface area contributed by atoms with E-state index in [0.717, 1.165) is 16.7 Å². The van der Waals surface area contributed by atoms with E-state index in [1.54, 1.807) is 18.2 Å². The van der Waals surface area contributed by atoms with E-state index in [4.69, 9.17) is 11.6 Å². The molecule has 7 nitrogen and oxygen atoms in total. The smallest absolute Gasteiger partial charge is 0.271 e. The van der Waals surface area contributed by atoms with Crippen LogP contribution in [-0.2, 0) is 10.0 Å². The number of anilines is 1. The Morgan fingerprint density at radius 3 is 2.33 bits per heavy atom. The van der Waals surface area contributed by atoms with Crippen LogP contribution in [0.4, 0.5) is 5.82 Å². The van der Waals surface area contributed by atoms with Gasteiger partial charge >= 0.3 is 0 Å². The van der Waals surface area contributed by atoms with Crippen molar-refractivity contribution in [2.75, 3.05) is 31.1 Å². The van der Waals surface area contributed by atoms with Crippen molar-refractivity contribution in [2.24, 2.45) is 0 Å². The molecule has 0 unspecified atom stereocenters. The zero-order valence-electron chi connectivity index (χ0n) is 19.0. The van der Waals surface area contributed by atoms with Crippen LogP contribution in [0.25, 0.3) is 5.69 Å². The Balaban J connectivity index is 1.57. The minimum absolute atomic E-state index is 0.202. The van der Waals surface area contributed by atoms with Crippen molar-refractivity contribution in [3.63, 3.8) is 0 Å². The molecule has 9 heteroatoms. The van der Waals surface area contributed by atoms with Gasteiger partial charge in [0, 0.05) is 37.3 Å². The lowest BCUT2D eigenvalue weighted by atomic mass is 10.1. The maximum Gasteiger partial charge on any atom is 0.271 e. The number of nitrogens with zero attached hydrogens (tertiary/aromatic N) is 4. The minimum atomic E-state index is -3.65. The molecule has 4 rings (SSSR count). The maximum absolute atomic E-state index is 13.2. The molecule has 0 bridgehead atoms. The second-order valence-electron chi connectivity index (χ2n) is 8.37. The quantitative estimate of drug-likeness (QED) is 0.562. The first kappa shape index (κ1) is 23.5. The van der Waals surface area contributed by atoms with Crippen molar-refractivity contribution < 1.29 is 8.42 Å². The van der Waals surface area contributed by atoms with Gasteiger partial charge in [-0.3, -0.25) is 4.79 Å². The van der Waals surface area contributed by atoms with Gasteiger partial charge in [0.15, 0.2) is 0 Å². The van der Waals surface area contributed by atoms with E-state index in [1.807, 2.05) is 43.9 Å². The molecular weight excluding hydrogens is 460 g/mol. The molecule has 33 heavy (non-hydrogen) atoms. The van der Waals surface area contributed by atoms with Crippen LogP contribution in [0.1, 0.15) is 23.1 Å². The standard InChI is InChI=1S/C24H27ClN4O3S/c1-17-5-7-20(15-19(17)3)29-24(30)10-9-23(26-29)27-11-4-12-28(14-13-27)33(31,32)21-8-6-18(2)22(25)16-21/h5-10,15-16H,4,11-14H2,1-3H3. The summed E-state index contributed by atoms with van der Waals surface area (Å²) in [6.07, 6.45) is 0.642. The normalized spacial score (nSPS) is 15.5. The van der Waals surface area contributed by atoms with Crippen LogP contribution >= 0.6 is 11.6 Å². The molecular formula is C24H27ClN4O3S. The molecule has 0 saturated carbocycles. The van der Waals surface area contributed by atoms with Crippen LogP contribution in [-0.4, -0.2) is 48.7 Å². The summed E-state index contributed by atoms with van der Waals surface area (Å²) in [5, 5.41) is 5.03. The highest BCUT2D eigenvalue weighted by molar-refractivity contribution is 7.89. The minimum Gasteiger partial charge on any atom is -0.354 e. The summed E-state index contributed by atoms with van der Waals surface area (Å²) >= 11 is 6.16. The number of sulfonamides is 1. The summed E-state index contributed by atoms with van der Waals surface area (Å²) in [6, 6.07) is 13.8. The van der Waals surface area contributed by atoms with Crippen molar-refractivity contribution in [2.45, 2.75) is 32.1 Å². The van der Waals surface area contributed by atoms with E-state index in [0.29, 0.717) is 49.1 Å². The zero-order valence-corrected chi connectivity index (χ0v) is 20.5. The van der Waals surface area contributed by atoms with Crippen LogP contribution in [0.5, 0.6) is 0 Å². The molecule has 3 aromatic rings. The number of rotatable bonds is 4. The Bertz CT molecular complexity index is 1350. The van der Waals surface area contributed by atoms with Crippen LogP contribution < -0.4 is 10.5 Å². The Hall–Kier alpha value is -2.68. The fraction of sp³-hybridized carbons (Fsp3) is 0.333. The average Bonchev–Trinajstić information content (AvgIpc) is 3.05. The van der Waals surface area contributed by atoms with Gasteiger partial charge in [-0.25, -0.2) is 8.42 Å². The zero-order chi connectivity index (χ0) is 23.8. The average molecular weight is 487 g/mol. The largest absolute Gasteiger partial charge is 0.354 e. The van der Waals surface area contributed by atoms with Gasteiger partial charge in [0.1, 0.15) is 5.82 Å². The van der Waals surface area contributed by atoms with Crippen molar-refractivity contribution >= 4 is 27.4 Å². The highest BCUT2D eigenvalue weighted by Gasteiger charge is 2.28. The molecule has 0 N–H and O–H groups in total. The van der Waals surface area contributed by atoms with Crippen molar-refractivity contribution in [1.82, 2.24) is 14.1 Å². The SMILES string of the molecule is Cc1ccc(-n2nc(N3CCCN(S(=O)(=O)c4ccc(C)c(Cl)c4)CC3)ccc2=O)cc1C. The first-order chi connectivity index (χ1) is 15.7. The van der Waals surface area contributed by atoms with Crippen LogP contribution in [0, 0.1) is 20.8 Å². The summed E-state index contributed by atoms with van der Waals surface area (Å²) < 4.78 is 29.2. The molecule has 0 radical (unpaired) electrons. The third-order valence-corrected chi connectivity index (χ3v) is 8.38. The third-order valence-electron chi connectivity index (χ3n) is 6.08.